The number of carbonyl (C=O) groups excluding carboxylic acids is 1. The van der Waals surface area contributed by atoms with Gasteiger partial charge in [0.2, 0.25) is 0 Å². The molecule has 2 rings (SSSR count). The Hall–Kier alpha value is -1.20. The Balaban J connectivity index is 1.98. The number of carbonyl (C=O) groups is 1. The lowest BCUT2D eigenvalue weighted by molar-refractivity contribution is 0.111. The number of aryl methyl sites for hydroxylation is 1. The number of nitrogens with zero attached hydrogens (tertiary/aromatic N) is 2. The first-order chi connectivity index (χ1) is 10.6. The van der Waals surface area contributed by atoms with E-state index in [-0.39, 0.29) is 5.04 Å². The number of hydrogen-bond acceptors (Lipinski definition) is 4. The van der Waals surface area contributed by atoms with Crippen molar-refractivity contribution >= 4 is 20.4 Å². The van der Waals surface area contributed by atoms with Crippen molar-refractivity contribution in [1.82, 2.24) is 4.98 Å². The molecule has 128 valence electrons. The summed E-state index contributed by atoms with van der Waals surface area (Å²) in [6.07, 6.45) is 3.24. The Morgan fingerprint density at radius 1 is 1.26 bits per heavy atom. The van der Waals surface area contributed by atoms with E-state index < -0.39 is 8.32 Å². The molecular weight excluding hydrogens is 304 g/mol. The molecule has 23 heavy (non-hydrogen) atoms. The normalized spacial score (nSPS) is 17.4. The van der Waals surface area contributed by atoms with Crippen LogP contribution in [0, 0.1) is 6.92 Å². The van der Waals surface area contributed by atoms with Crippen molar-refractivity contribution < 1.29 is 9.22 Å². The largest absolute Gasteiger partial charge is 0.414 e. The maximum Gasteiger partial charge on any atom is 0.192 e. The molecular formula is C18H30N2O2Si. The first kappa shape index (κ1) is 18.1. The minimum atomic E-state index is -1.70. The van der Waals surface area contributed by atoms with Crippen LogP contribution >= 0.6 is 0 Å². The molecule has 1 aliphatic heterocycles. The molecule has 0 bridgehead atoms. The van der Waals surface area contributed by atoms with Crippen LogP contribution in [0.3, 0.4) is 0 Å². The van der Waals surface area contributed by atoms with Crippen LogP contribution in [0.25, 0.3) is 0 Å². The first-order valence-electron chi connectivity index (χ1n) is 8.49. The molecule has 0 unspecified atom stereocenters. The summed E-state index contributed by atoms with van der Waals surface area (Å²) in [7, 11) is -1.70. The molecule has 5 heteroatoms. The number of rotatable bonds is 4. The zero-order chi connectivity index (χ0) is 17.3. The lowest BCUT2D eigenvalue weighted by atomic mass is 10.1. The van der Waals surface area contributed by atoms with Crippen molar-refractivity contribution in [2.24, 2.45) is 0 Å². The van der Waals surface area contributed by atoms with E-state index in [2.05, 4.69) is 43.7 Å². The SMILES string of the molecule is Cc1ccc(N2CCC(O[Si](C)(C)C(C)(C)C)CC2)nc1C=O. The lowest BCUT2D eigenvalue weighted by Gasteiger charge is -2.42. The molecule has 1 fully saturated rings. The van der Waals surface area contributed by atoms with Crippen molar-refractivity contribution in [3.63, 3.8) is 0 Å². The summed E-state index contributed by atoms with van der Waals surface area (Å²) in [5, 5.41) is 0.251. The van der Waals surface area contributed by atoms with E-state index in [1.807, 2.05) is 19.1 Å². The quantitative estimate of drug-likeness (QED) is 0.611. The number of piperidine rings is 1. The van der Waals surface area contributed by atoms with Crippen molar-refractivity contribution in [2.75, 3.05) is 18.0 Å². The fraction of sp³-hybridized carbons (Fsp3) is 0.667. The number of anilines is 1. The fourth-order valence-corrected chi connectivity index (χ4v) is 4.05. The van der Waals surface area contributed by atoms with Gasteiger partial charge in [0.15, 0.2) is 14.6 Å². The van der Waals surface area contributed by atoms with E-state index in [4.69, 9.17) is 4.43 Å². The number of pyridine rings is 1. The van der Waals surface area contributed by atoms with Crippen LogP contribution in [0.1, 0.15) is 49.7 Å². The van der Waals surface area contributed by atoms with Crippen LogP contribution in [0.2, 0.25) is 18.1 Å². The summed E-state index contributed by atoms with van der Waals surface area (Å²) in [5.74, 6) is 0.906. The highest BCUT2D eigenvalue weighted by Crippen LogP contribution is 2.38. The van der Waals surface area contributed by atoms with Gasteiger partial charge in [0.1, 0.15) is 11.5 Å². The molecule has 1 aromatic rings. The van der Waals surface area contributed by atoms with Crippen LogP contribution in [-0.2, 0) is 4.43 Å². The average molecular weight is 335 g/mol. The second-order valence-electron chi connectivity index (χ2n) is 8.05. The van der Waals surface area contributed by atoms with E-state index in [1.54, 1.807) is 0 Å². The highest BCUT2D eigenvalue weighted by atomic mass is 28.4. The fourth-order valence-electron chi connectivity index (χ4n) is 2.63. The molecule has 1 aromatic heterocycles. The molecule has 2 heterocycles. The Kier molecular flexibility index (Phi) is 5.31. The Bertz CT molecular complexity index is 559. The number of aldehydes is 1. The standard InChI is InChI=1S/C18H30N2O2Si/c1-14-7-8-17(19-16(14)13-21)20-11-9-15(10-12-20)22-23(5,6)18(2,3)4/h7-8,13,15H,9-12H2,1-6H3. The molecule has 0 aromatic carbocycles. The molecule has 0 spiro atoms. The van der Waals surface area contributed by atoms with Gasteiger partial charge in [-0.15, -0.1) is 0 Å². The van der Waals surface area contributed by atoms with Crippen molar-refractivity contribution in [1.29, 1.82) is 0 Å². The summed E-state index contributed by atoms with van der Waals surface area (Å²) >= 11 is 0. The minimum Gasteiger partial charge on any atom is -0.414 e. The van der Waals surface area contributed by atoms with Gasteiger partial charge in [-0.3, -0.25) is 4.79 Å². The Morgan fingerprint density at radius 3 is 2.39 bits per heavy atom. The Labute approximate surface area is 141 Å². The summed E-state index contributed by atoms with van der Waals surface area (Å²) < 4.78 is 6.53. The van der Waals surface area contributed by atoms with Crippen LogP contribution in [0.4, 0.5) is 5.82 Å². The van der Waals surface area contributed by atoms with Crippen LogP contribution < -0.4 is 4.90 Å². The van der Waals surface area contributed by atoms with Crippen molar-refractivity contribution in [3.05, 3.63) is 23.4 Å². The van der Waals surface area contributed by atoms with Crippen molar-refractivity contribution in [2.45, 2.75) is 64.8 Å². The van der Waals surface area contributed by atoms with Gasteiger partial charge in [0.05, 0.1) is 0 Å². The van der Waals surface area contributed by atoms with Crippen LogP contribution in [0.15, 0.2) is 12.1 Å². The summed E-state index contributed by atoms with van der Waals surface area (Å²) in [6.45, 7) is 15.3. The maximum atomic E-state index is 11.1. The molecule has 0 radical (unpaired) electrons. The average Bonchev–Trinajstić information content (AvgIpc) is 2.47. The van der Waals surface area contributed by atoms with Gasteiger partial charge < -0.3 is 9.33 Å². The molecule has 4 nitrogen and oxygen atoms in total. The van der Waals surface area contributed by atoms with E-state index >= 15 is 0 Å². The van der Waals surface area contributed by atoms with Gasteiger partial charge in [-0.25, -0.2) is 4.98 Å². The summed E-state index contributed by atoms with van der Waals surface area (Å²) in [4.78, 5) is 17.8. The highest BCUT2D eigenvalue weighted by Gasteiger charge is 2.39. The highest BCUT2D eigenvalue weighted by molar-refractivity contribution is 6.74. The van der Waals surface area contributed by atoms with Crippen LogP contribution in [-0.4, -0.2) is 38.8 Å². The van der Waals surface area contributed by atoms with Gasteiger partial charge in [-0.2, -0.15) is 0 Å². The number of aromatic nitrogens is 1. The van der Waals surface area contributed by atoms with Gasteiger partial charge in [-0.05, 0) is 49.5 Å². The predicted octanol–water partition coefficient (Wildman–Crippen LogP) is 4.19. The topological polar surface area (TPSA) is 42.4 Å². The molecule has 1 aliphatic rings. The number of hydrogen-bond donors (Lipinski definition) is 0. The third kappa shape index (κ3) is 4.21. The first-order valence-corrected chi connectivity index (χ1v) is 11.4. The second-order valence-corrected chi connectivity index (χ2v) is 12.8. The summed E-state index contributed by atoms with van der Waals surface area (Å²) in [6, 6.07) is 3.99. The zero-order valence-electron chi connectivity index (χ0n) is 15.3. The zero-order valence-corrected chi connectivity index (χ0v) is 16.3. The van der Waals surface area contributed by atoms with E-state index in [9.17, 15) is 4.79 Å². The lowest BCUT2D eigenvalue weighted by Crippen LogP contribution is -2.47. The Morgan fingerprint density at radius 2 is 1.87 bits per heavy atom. The molecule has 0 saturated carbocycles. The van der Waals surface area contributed by atoms with E-state index in [1.165, 1.54) is 0 Å². The smallest absolute Gasteiger partial charge is 0.192 e. The second kappa shape index (κ2) is 6.73. The summed E-state index contributed by atoms with van der Waals surface area (Å²) in [5.41, 5.74) is 1.47. The van der Waals surface area contributed by atoms with E-state index in [0.29, 0.717) is 11.8 Å². The van der Waals surface area contributed by atoms with Gasteiger partial charge >= 0.3 is 0 Å². The molecule has 0 aliphatic carbocycles. The van der Waals surface area contributed by atoms with Crippen LogP contribution in [0.5, 0.6) is 0 Å². The van der Waals surface area contributed by atoms with Gasteiger partial charge in [0, 0.05) is 19.2 Å². The molecule has 1 saturated heterocycles. The minimum absolute atomic E-state index is 0.251. The molecule has 0 amide bonds. The molecule has 0 atom stereocenters. The third-order valence-corrected chi connectivity index (χ3v) is 9.80. The monoisotopic (exact) mass is 334 g/mol. The molecule has 0 N–H and O–H groups in total. The van der Waals surface area contributed by atoms with Gasteiger partial charge in [0.25, 0.3) is 0 Å². The maximum absolute atomic E-state index is 11.1. The van der Waals surface area contributed by atoms with E-state index in [0.717, 1.165) is 43.6 Å². The predicted molar refractivity (Wildman–Crippen MR) is 97.9 cm³/mol. The van der Waals surface area contributed by atoms with Crippen molar-refractivity contribution in [3.8, 4) is 0 Å². The third-order valence-electron chi connectivity index (χ3n) is 5.27. The van der Waals surface area contributed by atoms with Gasteiger partial charge in [-0.1, -0.05) is 26.8 Å².